The third-order valence-corrected chi connectivity index (χ3v) is 3.65. The molecule has 0 aliphatic heterocycles. The highest BCUT2D eigenvalue weighted by Crippen LogP contribution is 2.27. The molecule has 0 heterocycles. The fourth-order valence-electron chi connectivity index (χ4n) is 1.51. The van der Waals surface area contributed by atoms with Crippen LogP contribution in [0.5, 0.6) is 0 Å². The van der Waals surface area contributed by atoms with Crippen molar-refractivity contribution in [3.05, 3.63) is 0 Å². The third-order valence-electron chi connectivity index (χ3n) is 2.72. The number of carbonyl (C=O) groups excluding carboxylic acids is 1. The summed E-state index contributed by atoms with van der Waals surface area (Å²) in [5, 5.41) is 6.22. The van der Waals surface area contributed by atoms with Crippen molar-refractivity contribution in [1.82, 2.24) is 10.6 Å². The van der Waals surface area contributed by atoms with Gasteiger partial charge in [0.15, 0.2) is 0 Å². The van der Waals surface area contributed by atoms with E-state index in [1.54, 1.807) is 0 Å². The number of hydrogen-bond acceptors (Lipinski definition) is 3. The van der Waals surface area contributed by atoms with Gasteiger partial charge >= 0.3 is 0 Å². The Hall–Kier alpha value is 0.0700. The first kappa shape index (κ1) is 17.1. The standard InChI is InChI=1S/C12H24N2OS.ClH/c1-3-16-7-6-10(2)14-12(15)9-13-8-11-4-5-11;/h10-11,13H,3-9H2,1-2H3,(H,14,15);1H. The fourth-order valence-corrected chi connectivity index (χ4v) is 2.32. The molecule has 1 fully saturated rings. The molecule has 5 heteroatoms. The molecule has 0 spiro atoms. The molecule has 0 saturated heterocycles. The van der Waals surface area contributed by atoms with Gasteiger partial charge in [-0.05, 0) is 50.2 Å². The Labute approximate surface area is 115 Å². The van der Waals surface area contributed by atoms with Crippen LogP contribution in [0.3, 0.4) is 0 Å². The number of hydrogen-bond donors (Lipinski definition) is 2. The van der Waals surface area contributed by atoms with Gasteiger partial charge < -0.3 is 10.6 Å². The van der Waals surface area contributed by atoms with Gasteiger partial charge in [-0.3, -0.25) is 4.79 Å². The van der Waals surface area contributed by atoms with Gasteiger partial charge in [0.2, 0.25) is 5.91 Å². The van der Waals surface area contributed by atoms with E-state index in [0.717, 1.165) is 30.4 Å². The average molecular weight is 281 g/mol. The predicted octanol–water partition coefficient (Wildman–Crippen LogP) is 2.06. The fraction of sp³-hybridized carbons (Fsp3) is 0.917. The molecule has 1 aliphatic rings. The van der Waals surface area contributed by atoms with E-state index in [9.17, 15) is 4.79 Å². The molecule has 1 atom stereocenters. The van der Waals surface area contributed by atoms with Gasteiger partial charge in [0, 0.05) is 6.04 Å². The van der Waals surface area contributed by atoms with Crippen LogP contribution < -0.4 is 10.6 Å². The van der Waals surface area contributed by atoms with E-state index in [4.69, 9.17) is 0 Å². The van der Waals surface area contributed by atoms with Crippen LogP contribution in [0.15, 0.2) is 0 Å². The van der Waals surface area contributed by atoms with Crippen molar-refractivity contribution >= 4 is 30.1 Å². The zero-order valence-electron chi connectivity index (χ0n) is 10.8. The SMILES string of the molecule is CCSCCC(C)NC(=O)CNCC1CC1.Cl. The summed E-state index contributed by atoms with van der Waals surface area (Å²) in [4.78, 5) is 11.5. The summed E-state index contributed by atoms with van der Waals surface area (Å²) in [7, 11) is 0. The summed E-state index contributed by atoms with van der Waals surface area (Å²) in [6.07, 6.45) is 3.73. The molecule has 1 rings (SSSR count). The lowest BCUT2D eigenvalue weighted by Gasteiger charge is -2.13. The number of amides is 1. The van der Waals surface area contributed by atoms with Crippen molar-refractivity contribution in [2.75, 3.05) is 24.6 Å². The Bertz CT molecular complexity index is 213. The average Bonchev–Trinajstić information content (AvgIpc) is 3.02. The lowest BCUT2D eigenvalue weighted by Crippen LogP contribution is -2.39. The molecule has 1 unspecified atom stereocenters. The lowest BCUT2D eigenvalue weighted by atomic mass is 10.2. The van der Waals surface area contributed by atoms with Crippen molar-refractivity contribution in [2.45, 2.75) is 39.2 Å². The Morgan fingerprint density at radius 1 is 1.47 bits per heavy atom. The second kappa shape index (κ2) is 10.0. The van der Waals surface area contributed by atoms with Crippen LogP contribution in [0.25, 0.3) is 0 Å². The van der Waals surface area contributed by atoms with Crippen molar-refractivity contribution in [1.29, 1.82) is 0 Å². The molecule has 17 heavy (non-hydrogen) atoms. The highest BCUT2D eigenvalue weighted by Gasteiger charge is 2.20. The Kier molecular flexibility index (Phi) is 10.1. The topological polar surface area (TPSA) is 41.1 Å². The molecule has 2 N–H and O–H groups in total. The Morgan fingerprint density at radius 2 is 2.18 bits per heavy atom. The minimum atomic E-state index is 0. The highest BCUT2D eigenvalue weighted by atomic mass is 35.5. The summed E-state index contributed by atoms with van der Waals surface area (Å²) in [5.41, 5.74) is 0. The molecule has 102 valence electrons. The molecule has 0 aromatic rings. The van der Waals surface area contributed by atoms with Crippen LogP contribution >= 0.6 is 24.2 Å². The molecule has 1 aliphatic carbocycles. The van der Waals surface area contributed by atoms with Crippen LogP contribution in [0, 0.1) is 5.92 Å². The maximum absolute atomic E-state index is 11.5. The zero-order valence-corrected chi connectivity index (χ0v) is 12.5. The van der Waals surface area contributed by atoms with Crippen molar-refractivity contribution in [2.24, 2.45) is 5.92 Å². The van der Waals surface area contributed by atoms with Gasteiger partial charge in [0.05, 0.1) is 6.54 Å². The summed E-state index contributed by atoms with van der Waals surface area (Å²) in [6, 6.07) is 0.300. The first-order valence-corrected chi connectivity index (χ1v) is 7.45. The van der Waals surface area contributed by atoms with Gasteiger partial charge in [-0.25, -0.2) is 0 Å². The van der Waals surface area contributed by atoms with Gasteiger partial charge in [-0.1, -0.05) is 6.92 Å². The second-order valence-corrected chi connectivity index (χ2v) is 5.92. The summed E-state index contributed by atoms with van der Waals surface area (Å²) >= 11 is 1.93. The van der Waals surface area contributed by atoms with Crippen LogP contribution in [0.2, 0.25) is 0 Å². The molecule has 0 radical (unpaired) electrons. The van der Waals surface area contributed by atoms with E-state index < -0.39 is 0 Å². The second-order valence-electron chi connectivity index (χ2n) is 4.53. The molecular weight excluding hydrogens is 256 g/mol. The van der Waals surface area contributed by atoms with Gasteiger partial charge in [0.25, 0.3) is 0 Å². The smallest absolute Gasteiger partial charge is 0.234 e. The van der Waals surface area contributed by atoms with E-state index in [2.05, 4.69) is 24.5 Å². The van der Waals surface area contributed by atoms with E-state index in [1.807, 2.05) is 11.8 Å². The minimum absolute atomic E-state index is 0. The van der Waals surface area contributed by atoms with E-state index in [0.29, 0.717) is 12.6 Å². The summed E-state index contributed by atoms with van der Waals surface area (Å²) in [5.74, 6) is 3.26. The maximum Gasteiger partial charge on any atom is 0.234 e. The largest absolute Gasteiger partial charge is 0.353 e. The van der Waals surface area contributed by atoms with Crippen LogP contribution in [-0.2, 0) is 4.79 Å². The number of carbonyl (C=O) groups is 1. The van der Waals surface area contributed by atoms with Crippen LogP contribution in [0.4, 0.5) is 0 Å². The number of rotatable bonds is 9. The maximum atomic E-state index is 11.5. The summed E-state index contributed by atoms with van der Waals surface area (Å²) < 4.78 is 0. The molecule has 1 saturated carbocycles. The molecular formula is C12H25ClN2OS. The van der Waals surface area contributed by atoms with Gasteiger partial charge in [-0.15, -0.1) is 12.4 Å². The van der Waals surface area contributed by atoms with Crippen molar-refractivity contribution in [3.63, 3.8) is 0 Å². The summed E-state index contributed by atoms with van der Waals surface area (Å²) in [6.45, 7) is 5.72. The molecule has 0 aromatic heterocycles. The first-order valence-electron chi connectivity index (χ1n) is 6.30. The number of halogens is 1. The minimum Gasteiger partial charge on any atom is -0.353 e. The molecule has 3 nitrogen and oxygen atoms in total. The zero-order chi connectivity index (χ0) is 11.8. The van der Waals surface area contributed by atoms with Gasteiger partial charge in [-0.2, -0.15) is 11.8 Å². The number of nitrogens with one attached hydrogen (secondary N) is 2. The molecule has 0 bridgehead atoms. The lowest BCUT2D eigenvalue weighted by molar-refractivity contribution is -0.120. The third kappa shape index (κ3) is 9.74. The predicted molar refractivity (Wildman–Crippen MR) is 78.1 cm³/mol. The van der Waals surface area contributed by atoms with Gasteiger partial charge in [0.1, 0.15) is 0 Å². The monoisotopic (exact) mass is 280 g/mol. The molecule has 1 amide bonds. The Morgan fingerprint density at radius 3 is 2.76 bits per heavy atom. The van der Waals surface area contributed by atoms with E-state index in [-0.39, 0.29) is 18.3 Å². The quantitative estimate of drug-likeness (QED) is 0.635. The van der Waals surface area contributed by atoms with E-state index in [1.165, 1.54) is 12.8 Å². The van der Waals surface area contributed by atoms with E-state index >= 15 is 0 Å². The van der Waals surface area contributed by atoms with Crippen molar-refractivity contribution < 1.29 is 4.79 Å². The normalized spacial score (nSPS) is 16.1. The first-order chi connectivity index (χ1) is 7.72. The molecule has 0 aromatic carbocycles. The van der Waals surface area contributed by atoms with Crippen LogP contribution in [0.1, 0.15) is 33.1 Å². The highest BCUT2D eigenvalue weighted by molar-refractivity contribution is 7.99. The van der Waals surface area contributed by atoms with Crippen LogP contribution in [-0.4, -0.2) is 36.5 Å². The van der Waals surface area contributed by atoms with Crippen molar-refractivity contribution in [3.8, 4) is 0 Å². The Balaban J connectivity index is 0.00000256. The number of thioether (sulfide) groups is 1.